The Morgan fingerprint density at radius 2 is 1.72 bits per heavy atom. The highest BCUT2D eigenvalue weighted by Crippen LogP contribution is 2.10. The van der Waals surface area contributed by atoms with E-state index in [9.17, 15) is 22.8 Å². The molecule has 10 heteroatoms. The van der Waals surface area contributed by atoms with Gasteiger partial charge >= 0.3 is 11.8 Å². The second-order valence-corrected chi connectivity index (χ2v) is 6.58. The Hall–Kier alpha value is -2.98. The number of rotatable bonds is 6. The highest BCUT2D eigenvalue weighted by atomic mass is 32.2. The zero-order valence-corrected chi connectivity index (χ0v) is 13.9. The second kappa shape index (κ2) is 7.73. The van der Waals surface area contributed by atoms with Crippen LogP contribution in [0.15, 0.2) is 52.0 Å². The number of benzene rings is 1. The number of furan rings is 1. The SMILES string of the molecule is CC(=O)c1ccc(S(=O)(=O)NNC(=O)C(=O)NCc2ccco2)cc1. The van der Waals surface area contributed by atoms with E-state index in [0.29, 0.717) is 11.3 Å². The molecule has 0 spiro atoms. The van der Waals surface area contributed by atoms with E-state index in [1.54, 1.807) is 22.4 Å². The monoisotopic (exact) mass is 365 g/mol. The lowest BCUT2D eigenvalue weighted by atomic mass is 10.2. The number of hydrogen-bond donors (Lipinski definition) is 3. The van der Waals surface area contributed by atoms with E-state index >= 15 is 0 Å². The van der Waals surface area contributed by atoms with Gasteiger partial charge in [0.25, 0.3) is 10.0 Å². The summed E-state index contributed by atoms with van der Waals surface area (Å²) in [5.41, 5.74) is 2.15. The Morgan fingerprint density at radius 1 is 1.04 bits per heavy atom. The van der Waals surface area contributed by atoms with Crippen LogP contribution in [0.1, 0.15) is 23.0 Å². The van der Waals surface area contributed by atoms with Gasteiger partial charge in [-0.1, -0.05) is 12.1 Å². The summed E-state index contributed by atoms with van der Waals surface area (Å²) < 4.78 is 29.0. The van der Waals surface area contributed by atoms with E-state index in [2.05, 4.69) is 5.32 Å². The molecule has 0 bridgehead atoms. The van der Waals surface area contributed by atoms with Crippen molar-refractivity contribution in [1.82, 2.24) is 15.6 Å². The number of nitrogens with one attached hydrogen (secondary N) is 3. The number of hydrogen-bond acceptors (Lipinski definition) is 6. The molecule has 0 saturated heterocycles. The van der Waals surface area contributed by atoms with Gasteiger partial charge in [-0.25, -0.2) is 8.42 Å². The lowest BCUT2D eigenvalue weighted by Gasteiger charge is -2.08. The van der Waals surface area contributed by atoms with Crippen molar-refractivity contribution >= 4 is 27.6 Å². The zero-order valence-electron chi connectivity index (χ0n) is 13.1. The molecule has 1 aromatic heterocycles. The molecule has 0 aliphatic carbocycles. The third-order valence-corrected chi connectivity index (χ3v) is 4.34. The van der Waals surface area contributed by atoms with Crippen LogP contribution in [0.5, 0.6) is 0 Å². The summed E-state index contributed by atoms with van der Waals surface area (Å²) in [5.74, 6) is -1.99. The lowest BCUT2D eigenvalue weighted by Crippen LogP contribution is -2.48. The fourth-order valence-electron chi connectivity index (χ4n) is 1.76. The number of ketones is 1. The summed E-state index contributed by atoms with van der Waals surface area (Å²) in [6, 6.07) is 8.33. The predicted octanol–water partition coefficient (Wildman–Crippen LogP) is 0.108. The number of carbonyl (C=O) groups is 3. The van der Waals surface area contributed by atoms with Gasteiger partial charge in [-0.2, -0.15) is 0 Å². The second-order valence-electron chi connectivity index (χ2n) is 4.90. The first-order valence-electron chi connectivity index (χ1n) is 7.03. The molecule has 2 rings (SSSR count). The van der Waals surface area contributed by atoms with E-state index in [1.165, 1.54) is 37.5 Å². The first-order chi connectivity index (χ1) is 11.8. The predicted molar refractivity (Wildman–Crippen MR) is 85.5 cm³/mol. The number of sulfonamides is 1. The van der Waals surface area contributed by atoms with Crippen molar-refractivity contribution in [3.63, 3.8) is 0 Å². The number of Topliss-reactive ketones (excluding diaryl/α,β-unsaturated/α-hetero) is 1. The van der Waals surface area contributed by atoms with Crippen LogP contribution in [0.3, 0.4) is 0 Å². The minimum atomic E-state index is -4.08. The normalized spacial score (nSPS) is 10.9. The van der Waals surface area contributed by atoms with Crippen LogP contribution in [0.25, 0.3) is 0 Å². The zero-order chi connectivity index (χ0) is 18.4. The molecule has 9 nitrogen and oxygen atoms in total. The van der Waals surface area contributed by atoms with Crippen LogP contribution < -0.4 is 15.6 Å². The molecule has 1 heterocycles. The summed E-state index contributed by atoms with van der Waals surface area (Å²) in [4.78, 5) is 36.0. The minimum absolute atomic E-state index is 0.0154. The van der Waals surface area contributed by atoms with Crippen molar-refractivity contribution in [1.29, 1.82) is 0 Å². The van der Waals surface area contributed by atoms with Crippen molar-refractivity contribution in [2.75, 3.05) is 0 Å². The molecule has 0 fully saturated rings. The van der Waals surface area contributed by atoms with E-state index < -0.39 is 21.8 Å². The van der Waals surface area contributed by atoms with Crippen LogP contribution in [-0.4, -0.2) is 26.0 Å². The van der Waals surface area contributed by atoms with Crippen LogP contribution >= 0.6 is 0 Å². The molecule has 0 unspecified atom stereocenters. The fraction of sp³-hybridized carbons (Fsp3) is 0.133. The molecular formula is C15H15N3O6S. The number of carbonyl (C=O) groups excluding carboxylic acids is 3. The molecule has 0 radical (unpaired) electrons. The fourth-order valence-corrected chi connectivity index (χ4v) is 2.60. The van der Waals surface area contributed by atoms with Crippen molar-refractivity contribution in [3.8, 4) is 0 Å². The van der Waals surface area contributed by atoms with Gasteiger partial charge in [0.15, 0.2) is 5.78 Å². The summed E-state index contributed by atoms with van der Waals surface area (Å²) in [5, 5.41) is 2.26. The highest BCUT2D eigenvalue weighted by molar-refractivity contribution is 7.89. The third-order valence-electron chi connectivity index (χ3n) is 3.08. The molecule has 132 valence electrons. The summed E-state index contributed by atoms with van der Waals surface area (Å²) >= 11 is 0. The van der Waals surface area contributed by atoms with Crippen molar-refractivity contribution < 1.29 is 27.2 Å². The molecule has 2 aromatic rings. The van der Waals surface area contributed by atoms with Gasteiger partial charge in [-0.3, -0.25) is 19.8 Å². The van der Waals surface area contributed by atoms with Gasteiger partial charge in [-0.05, 0) is 31.2 Å². The Labute approximate surface area is 143 Å². The lowest BCUT2D eigenvalue weighted by molar-refractivity contribution is -0.139. The smallest absolute Gasteiger partial charge is 0.324 e. The molecular weight excluding hydrogens is 350 g/mol. The maximum atomic E-state index is 12.0. The first kappa shape index (κ1) is 18.4. The van der Waals surface area contributed by atoms with Crippen molar-refractivity contribution in [3.05, 3.63) is 54.0 Å². The molecule has 0 aliphatic rings. The third kappa shape index (κ3) is 4.99. The number of hydrazine groups is 1. The largest absolute Gasteiger partial charge is 0.467 e. The van der Waals surface area contributed by atoms with Gasteiger partial charge in [0.05, 0.1) is 17.7 Å². The molecule has 0 aliphatic heterocycles. The van der Waals surface area contributed by atoms with E-state index in [-0.39, 0.29) is 17.2 Å². The minimum Gasteiger partial charge on any atom is -0.467 e. The van der Waals surface area contributed by atoms with Gasteiger partial charge in [0.1, 0.15) is 5.76 Å². The summed E-state index contributed by atoms with van der Waals surface area (Å²) in [6.07, 6.45) is 1.41. The van der Waals surface area contributed by atoms with Gasteiger partial charge in [-0.15, -0.1) is 4.83 Å². The Morgan fingerprint density at radius 3 is 2.28 bits per heavy atom. The van der Waals surface area contributed by atoms with Crippen molar-refractivity contribution in [2.24, 2.45) is 0 Å². The van der Waals surface area contributed by atoms with Crippen LogP contribution in [0.4, 0.5) is 0 Å². The molecule has 2 amide bonds. The van der Waals surface area contributed by atoms with Crippen LogP contribution in [0.2, 0.25) is 0 Å². The highest BCUT2D eigenvalue weighted by Gasteiger charge is 2.19. The van der Waals surface area contributed by atoms with E-state index in [0.717, 1.165) is 0 Å². The summed E-state index contributed by atoms with van der Waals surface area (Å²) in [6.45, 7) is 1.34. The summed E-state index contributed by atoms with van der Waals surface area (Å²) in [7, 11) is -4.08. The van der Waals surface area contributed by atoms with Gasteiger partial charge in [0.2, 0.25) is 0 Å². The first-order valence-corrected chi connectivity index (χ1v) is 8.51. The average Bonchev–Trinajstić information content (AvgIpc) is 3.11. The van der Waals surface area contributed by atoms with E-state index in [1.807, 2.05) is 0 Å². The Bertz CT molecular complexity index is 873. The van der Waals surface area contributed by atoms with E-state index in [4.69, 9.17) is 4.42 Å². The Balaban J connectivity index is 1.90. The van der Waals surface area contributed by atoms with Crippen LogP contribution in [-0.2, 0) is 26.2 Å². The molecule has 3 N–H and O–H groups in total. The molecule has 25 heavy (non-hydrogen) atoms. The maximum Gasteiger partial charge on any atom is 0.324 e. The quantitative estimate of drug-likeness (QED) is 0.378. The standard InChI is InChI=1S/C15H15N3O6S/c1-10(19)11-4-6-13(7-5-11)25(22,23)18-17-15(21)14(20)16-9-12-3-2-8-24-12/h2-8,18H,9H2,1H3,(H,16,20)(H,17,21). The van der Waals surface area contributed by atoms with Gasteiger partial charge < -0.3 is 9.73 Å². The Kier molecular flexibility index (Phi) is 5.67. The average molecular weight is 365 g/mol. The maximum absolute atomic E-state index is 12.0. The van der Waals surface area contributed by atoms with Gasteiger partial charge in [0, 0.05) is 5.56 Å². The number of amides is 2. The molecule has 0 saturated carbocycles. The van der Waals surface area contributed by atoms with Crippen molar-refractivity contribution in [2.45, 2.75) is 18.4 Å². The van der Waals surface area contributed by atoms with Crippen LogP contribution in [0, 0.1) is 0 Å². The molecule has 1 aromatic carbocycles. The topological polar surface area (TPSA) is 135 Å². The molecule has 0 atom stereocenters.